The van der Waals surface area contributed by atoms with Gasteiger partial charge < -0.3 is 9.84 Å². The maximum absolute atomic E-state index is 11.0. The van der Waals surface area contributed by atoms with Crippen molar-refractivity contribution in [2.24, 2.45) is 0 Å². The number of carboxylic acid groups (broad SMARTS) is 1. The minimum atomic E-state index is -2.15. The molecule has 0 aliphatic heterocycles. The first-order valence-corrected chi connectivity index (χ1v) is 10.9. The van der Waals surface area contributed by atoms with Crippen LogP contribution in [0, 0.1) is 10.1 Å². The summed E-state index contributed by atoms with van der Waals surface area (Å²) in [5.74, 6) is -1.49. The normalized spacial score (nSPS) is 12.0. The van der Waals surface area contributed by atoms with Crippen molar-refractivity contribution in [3.8, 4) is 5.75 Å². The molecule has 1 aromatic heterocycles. The molecule has 4 aromatic rings. The van der Waals surface area contributed by atoms with Gasteiger partial charge in [-0.15, -0.1) is 0 Å². The molecule has 1 N–H and O–H groups in total. The Labute approximate surface area is 201 Å². The number of hydrogen-bond donors (Lipinski definition) is 1. The second-order valence-corrected chi connectivity index (χ2v) is 7.82. The fourth-order valence-corrected chi connectivity index (χ4v) is 3.80. The Balaban J connectivity index is 1.48. The third-order valence-electron chi connectivity index (χ3n) is 5.36. The van der Waals surface area contributed by atoms with Gasteiger partial charge in [0.1, 0.15) is 5.75 Å². The summed E-state index contributed by atoms with van der Waals surface area (Å²) in [6.45, 7) is 0.508. The topological polar surface area (TPSA) is 107 Å². The molecule has 0 amide bonds. The zero-order chi connectivity index (χ0) is 24.6. The Morgan fingerprint density at radius 3 is 2.26 bits per heavy atom. The van der Waals surface area contributed by atoms with E-state index in [-0.39, 0.29) is 11.7 Å². The number of aliphatic carboxylic acids is 1. The monoisotopic (exact) mass is 469 g/mol. The molecule has 0 spiro atoms. The Morgan fingerprint density at radius 2 is 1.66 bits per heavy atom. The van der Waals surface area contributed by atoms with Crippen LogP contribution in [0.3, 0.4) is 0 Å². The first kappa shape index (κ1) is 23.4. The fraction of sp³-hybridized carbons (Fsp3) is 0.111. The maximum Gasteiger partial charge on any atom is 0.451 e. The number of hydrogen-bond acceptors (Lipinski definition) is 5. The Morgan fingerprint density at radius 1 is 1.00 bits per heavy atom. The van der Waals surface area contributed by atoms with Crippen LogP contribution in [-0.2, 0) is 11.3 Å². The molecule has 0 fully saturated rings. The van der Waals surface area contributed by atoms with Crippen molar-refractivity contribution < 1.29 is 19.6 Å². The zero-order valence-corrected chi connectivity index (χ0v) is 18.7. The van der Waals surface area contributed by atoms with Gasteiger partial charge in [-0.2, -0.15) is 5.10 Å². The summed E-state index contributed by atoms with van der Waals surface area (Å²) in [4.78, 5) is 20.9. The number of nitrogens with zero attached hydrogens (tertiary/aromatic N) is 3. The van der Waals surface area contributed by atoms with E-state index in [0.717, 1.165) is 5.56 Å². The number of benzene rings is 3. The van der Waals surface area contributed by atoms with Crippen LogP contribution in [0.1, 0.15) is 28.2 Å². The molecule has 3 aromatic carbocycles. The summed E-state index contributed by atoms with van der Waals surface area (Å²) in [7, 11) is 0. The van der Waals surface area contributed by atoms with Crippen molar-refractivity contribution >= 4 is 12.0 Å². The highest BCUT2D eigenvalue weighted by atomic mass is 16.7. The van der Waals surface area contributed by atoms with Gasteiger partial charge in [0.15, 0.2) is 0 Å². The quantitative estimate of drug-likeness (QED) is 0.202. The van der Waals surface area contributed by atoms with Crippen LogP contribution in [0.2, 0.25) is 0 Å². The molecule has 35 heavy (non-hydrogen) atoms. The summed E-state index contributed by atoms with van der Waals surface area (Å²) >= 11 is 0. The molecule has 4 rings (SSSR count). The van der Waals surface area contributed by atoms with Crippen LogP contribution >= 0.6 is 0 Å². The molecule has 8 heteroatoms. The van der Waals surface area contributed by atoms with Gasteiger partial charge >= 0.3 is 12.2 Å². The number of ether oxygens (including phenoxy) is 1. The summed E-state index contributed by atoms with van der Waals surface area (Å²) in [6.07, 6.45) is 5.46. The van der Waals surface area contributed by atoms with E-state index in [1.165, 1.54) is 17.2 Å². The molecule has 176 valence electrons. The molecule has 0 radical (unpaired) electrons. The maximum atomic E-state index is 11.0. The molecule has 0 bridgehead atoms. The third-order valence-corrected chi connectivity index (χ3v) is 5.36. The van der Waals surface area contributed by atoms with Crippen LogP contribution in [0.25, 0.3) is 6.08 Å². The number of rotatable bonds is 10. The largest absolute Gasteiger partial charge is 0.473 e. The Hall–Kier alpha value is -4.72. The first-order valence-electron chi connectivity index (χ1n) is 10.9. The number of aromatic nitrogens is 2. The smallest absolute Gasteiger partial charge is 0.451 e. The van der Waals surface area contributed by atoms with Gasteiger partial charge in [-0.3, -0.25) is 14.8 Å². The lowest BCUT2D eigenvalue weighted by molar-refractivity contribution is -0.548. The number of allylic oxidation sites excluding steroid dienone is 1. The van der Waals surface area contributed by atoms with E-state index in [1.54, 1.807) is 18.2 Å². The SMILES string of the molecule is O=C(O)C(Oc1cccc(C=CCn2cc(C(c3ccccc3)c3ccccc3)cn2)c1)[N+](=O)[O-]. The minimum absolute atomic E-state index is 0.0627. The van der Waals surface area contributed by atoms with Gasteiger partial charge in [-0.25, -0.2) is 4.79 Å². The van der Waals surface area contributed by atoms with E-state index in [1.807, 2.05) is 65.6 Å². The van der Waals surface area contributed by atoms with E-state index < -0.39 is 17.1 Å². The Kier molecular flexibility index (Phi) is 7.32. The predicted octanol–water partition coefficient (Wildman–Crippen LogP) is 4.84. The fourth-order valence-electron chi connectivity index (χ4n) is 3.80. The van der Waals surface area contributed by atoms with Gasteiger partial charge in [0.2, 0.25) is 0 Å². The average Bonchev–Trinajstić information content (AvgIpc) is 3.32. The van der Waals surface area contributed by atoms with Gasteiger partial charge in [0.05, 0.1) is 17.7 Å². The van der Waals surface area contributed by atoms with E-state index >= 15 is 0 Å². The van der Waals surface area contributed by atoms with Crippen molar-refractivity contribution in [3.63, 3.8) is 0 Å². The van der Waals surface area contributed by atoms with Crippen LogP contribution in [-0.4, -0.2) is 32.0 Å². The summed E-state index contributed by atoms with van der Waals surface area (Å²) in [5, 5.41) is 24.3. The molecule has 1 atom stereocenters. The lowest BCUT2D eigenvalue weighted by atomic mass is 9.87. The van der Waals surface area contributed by atoms with Crippen molar-refractivity contribution in [2.45, 2.75) is 18.7 Å². The molecule has 0 saturated heterocycles. The number of nitro groups is 1. The second kappa shape index (κ2) is 10.9. The van der Waals surface area contributed by atoms with Crippen molar-refractivity contribution in [2.75, 3.05) is 0 Å². The summed E-state index contributed by atoms with van der Waals surface area (Å²) in [5.41, 5.74) is 4.15. The van der Waals surface area contributed by atoms with Crippen molar-refractivity contribution in [1.82, 2.24) is 9.78 Å². The average molecular weight is 469 g/mol. The van der Waals surface area contributed by atoms with E-state index in [0.29, 0.717) is 12.1 Å². The van der Waals surface area contributed by atoms with Crippen molar-refractivity contribution in [1.29, 1.82) is 0 Å². The van der Waals surface area contributed by atoms with Gasteiger partial charge in [0, 0.05) is 17.7 Å². The van der Waals surface area contributed by atoms with E-state index in [2.05, 4.69) is 29.4 Å². The third kappa shape index (κ3) is 6.00. The molecule has 0 aliphatic rings. The summed E-state index contributed by atoms with van der Waals surface area (Å²) in [6, 6.07) is 27.0. The lowest BCUT2D eigenvalue weighted by Crippen LogP contribution is -2.34. The molecule has 8 nitrogen and oxygen atoms in total. The highest BCUT2D eigenvalue weighted by Crippen LogP contribution is 2.31. The molecule has 0 saturated carbocycles. The predicted molar refractivity (Wildman–Crippen MR) is 131 cm³/mol. The van der Waals surface area contributed by atoms with Crippen LogP contribution in [0.5, 0.6) is 5.75 Å². The Bertz CT molecular complexity index is 1270. The van der Waals surface area contributed by atoms with E-state index in [4.69, 9.17) is 9.84 Å². The molecule has 0 aliphatic carbocycles. The number of carboxylic acids is 1. The summed E-state index contributed by atoms with van der Waals surface area (Å²) < 4.78 is 6.84. The molecular formula is C27H23N3O5. The standard InChI is InChI=1S/C27H23N3O5/c31-27(32)26(30(33)34)35-24-15-7-9-20(17-24)10-8-16-29-19-23(18-28-29)25(21-11-3-1-4-12-21)22-13-5-2-6-14-22/h1-15,17-19,25-26H,16H2,(H,31,32). The lowest BCUT2D eigenvalue weighted by Gasteiger charge is -2.16. The van der Waals surface area contributed by atoms with Gasteiger partial charge in [0.25, 0.3) is 0 Å². The molecule has 1 unspecified atom stereocenters. The van der Waals surface area contributed by atoms with Crippen molar-refractivity contribution in [3.05, 3.63) is 136 Å². The highest BCUT2D eigenvalue weighted by Gasteiger charge is 2.31. The second-order valence-electron chi connectivity index (χ2n) is 7.82. The van der Waals surface area contributed by atoms with Crippen LogP contribution in [0.4, 0.5) is 0 Å². The first-order chi connectivity index (χ1) is 17.0. The molecule has 1 heterocycles. The number of carbonyl (C=O) groups is 1. The zero-order valence-electron chi connectivity index (χ0n) is 18.7. The minimum Gasteiger partial charge on any atom is -0.473 e. The van der Waals surface area contributed by atoms with Gasteiger partial charge in [-0.05, 0) is 28.8 Å². The highest BCUT2D eigenvalue weighted by molar-refractivity contribution is 5.70. The van der Waals surface area contributed by atoms with Crippen LogP contribution in [0.15, 0.2) is 103 Å². The van der Waals surface area contributed by atoms with Gasteiger partial charge in [-0.1, -0.05) is 84.9 Å². The van der Waals surface area contributed by atoms with E-state index in [9.17, 15) is 14.9 Å². The molecular weight excluding hydrogens is 446 g/mol. The van der Waals surface area contributed by atoms with Crippen LogP contribution < -0.4 is 4.74 Å².